The molecule has 0 aliphatic carbocycles. The molecule has 0 spiro atoms. The molecule has 0 radical (unpaired) electrons. The second-order valence-electron chi connectivity index (χ2n) is 5.88. The Hall–Kier alpha value is -1.89. The van der Waals surface area contributed by atoms with Crippen molar-refractivity contribution < 1.29 is 19.1 Å². The van der Waals surface area contributed by atoms with Crippen LogP contribution in [0.3, 0.4) is 0 Å². The molecule has 0 unspecified atom stereocenters. The van der Waals surface area contributed by atoms with Crippen molar-refractivity contribution in [3.63, 3.8) is 0 Å². The van der Waals surface area contributed by atoms with Gasteiger partial charge in [-0.05, 0) is 31.2 Å². The van der Waals surface area contributed by atoms with Gasteiger partial charge in [-0.2, -0.15) is 0 Å². The number of carbonyl (C=O) groups is 3. The van der Waals surface area contributed by atoms with Gasteiger partial charge >= 0.3 is 5.97 Å². The minimum absolute atomic E-state index is 0.00413. The van der Waals surface area contributed by atoms with E-state index in [-0.39, 0.29) is 36.2 Å². The van der Waals surface area contributed by atoms with Crippen LogP contribution in [-0.2, 0) is 19.1 Å². The normalized spacial score (nSPS) is 16.5. The van der Waals surface area contributed by atoms with Crippen molar-refractivity contribution in [2.45, 2.75) is 39.2 Å². The summed E-state index contributed by atoms with van der Waals surface area (Å²) in [5.41, 5.74) is 0. The van der Waals surface area contributed by atoms with E-state index in [4.69, 9.17) is 4.74 Å². The van der Waals surface area contributed by atoms with Crippen LogP contribution in [0, 0.1) is 5.92 Å². The van der Waals surface area contributed by atoms with Crippen molar-refractivity contribution in [2.75, 3.05) is 19.7 Å². The number of likely N-dealkylation sites (tertiary alicyclic amines) is 1. The van der Waals surface area contributed by atoms with Crippen LogP contribution in [0.15, 0.2) is 17.5 Å². The molecule has 2 amide bonds. The van der Waals surface area contributed by atoms with Gasteiger partial charge in [0.25, 0.3) is 0 Å². The number of piperidine rings is 1. The Morgan fingerprint density at radius 3 is 2.62 bits per heavy atom. The highest BCUT2D eigenvalue weighted by molar-refractivity contribution is 7.10. The number of thiophene rings is 1. The molecule has 1 atom stereocenters. The molecular formula is C17H24N2O4S. The van der Waals surface area contributed by atoms with Crippen LogP contribution in [0.25, 0.3) is 0 Å². The number of hydrogen-bond acceptors (Lipinski definition) is 5. The molecule has 7 heteroatoms. The number of esters is 1. The Morgan fingerprint density at radius 2 is 2.08 bits per heavy atom. The molecule has 1 aromatic heterocycles. The minimum atomic E-state index is -0.294. The monoisotopic (exact) mass is 352 g/mol. The Kier molecular flexibility index (Phi) is 6.78. The third kappa shape index (κ3) is 5.06. The fourth-order valence-electron chi connectivity index (χ4n) is 2.89. The zero-order valence-electron chi connectivity index (χ0n) is 14.1. The highest BCUT2D eigenvalue weighted by Gasteiger charge is 2.29. The zero-order chi connectivity index (χ0) is 17.5. The van der Waals surface area contributed by atoms with Gasteiger partial charge in [0.15, 0.2) is 0 Å². The van der Waals surface area contributed by atoms with Crippen molar-refractivity contribution in [3.05, 3.63) is 22.4 Å². The standard InChI is InChI=1S/C17H24N2O4S/c1-3-23-17(22)13-6-8-19(9-7-13)16(21)11-14(18-12(2)20)15-5-4-10-24-15/h4-5,10,13-14H,3,6-9,11H2,1-2H3,(H,18,20)/t14-/m1/s1. The molecular weight excluding hydrogens is 328 g/mol. The largest absolute Gasteiger partial charge is 0.466 e. The van der Waals surface area contributed by atoms with Crippen LogP contribution in [0.4, 0.5) is 0 Å². The lowest BCUT2D eigenvalue weighted by Gasteiger charge is -2.32. The molecule has 0 saturated carbocycles. The van der Waals surface area contributed by atoms with E-state index >= 15 is 0 Å². The molecule has 1 fully saturated rings. The highest BCUT2D eigenvalue weighted by atomic mass is 32.1. The molecule has 2 rings (SSSR count). The van der Waals surface area contributed by atoms with Gasteiger partial charge in [0.2, 0.25) is 11.8 Å². The van der Waals surface area contributed by atoms with Gasteiger partial charge in [-0.3, -0.25) is 14.4 Å². The second-order valence-corrected chi connectivity index (χ2v) is 6.86. The zero-order valence-corrected chi connectivity index (χ0v) is 14.9. The topological polar surface area (TPSA) is 75.7 Å². The predicted octanol–water partition coefficient (Wildman–Crippen LogP) is 2.12. The number of ether oxygens (including phenoxy) is 1. The van der Waals surface area contributed by atoms with E-state index in [9.17, 15) is 14.4 Å². The fourth-order valence-corrected chi connectivity index (χ4v) is 3.66. The number of nitrogens with one attached hydrogen (secondary N) is 1. The van der Waals surface area contributed by atoms with Crippen LogP contribution >= 0.6 is 11.3 Å². The molecule has 1 aliphatic heterocycles. The fraction of sp³-hybridized carbons (Fsp3) is 0.588. The molecule has 6 nitrogen and oxygen atoms in total. The summed E-state index contributed by atoms with van der Waals surface area (Å²) in [5.74, 6) is -0.427. The third-order valence-electron chi connectivity index (χ3n) is 4.11. The van der Waals surface area contributed by atoms with Gasteiger partial charge in [-0.1, -0.05) is 6.07 Å². The predicted molar refractivity (Wildman–Crippen MR) is 91.4 cm³/mol. The van der Waals surface area contributed by atoms with Crippen molar-refractivity contribution >= 4 is 29.1 Å². The average molecular weight is 352 g/mol. The maximum absolute atomic E-state index is 12.6. The Morgan fingerprint density at radius 1 is 1.38 bits per heavy atom. The Labute approximate surface area is 146 Å². The van der Waals surface area contributed by atoms with Crippen LogP contribution in [0.2, 0.25) is 0 Å². The number of hydrogen-bond donors (Lipinski definition) is 1. The Bertz CT molecular complexity index is 565. The lowest BCUT2D eigenvalue weighted by Crippen LogP contribution is -2.42. The van der Waals surface area contributed by atoms with Crippen LogP contribution in [0.1, 0.15) is 44.0 Å². The van der Waals surface area contributed by atoms with E-state index in [1.54, 1.807) is 11.8 Å². The van der Waals surface area contributed by atoms with Gasteiger partial charge in [0.1, 0.15) is 0 Å². The van der Waals surface area contributed by atoms with Crippen LogP contribution in [0.5, 0.6) is 0 Å². The maximum atomic E-state index is 12.6. The maximum Gasteiger partial charge on any atom is 0.309 e. The lowest BCUT2D eigenvalue weighted by molar-refractivity contribution is -0.151. The highest BCUT2D eigenvalue weighted by Crippen LogP contribution is 2.25. The van der Waals surface area contributed by atoms with Crippen LogP contribution < -0.4 is 5.32 Å². The summed E-state index contributed by atoms with van der Waals surface area (Å²) in [7, 11) is 0. The first kappa shape index (κ1) is 18.4. The minimum Gasteiger partial charge on any atom is -0.466 e. The van der Waals surface area contributed by atoms with Crippen molar-refractivity contribution in [3.8, 4) is 0 Å². The summed E-state index contributed by atoms with van der Waals surface area (Å²) >= 11 is 1.52. The van der Waals surface area contributed by atoms with E-state index in [1.165, 1.54) is 18.3 Å². The van der Waals surface area contributed by atoms with Gasteiger partial charge in [0, 0.05) is 24.9 Å². The van der Waals surface area contributed by atoms with E-state index < -0.39 is 0 Å². The SMILES string of the molecule is CCOC(=O)C1CCN(C(=O)C[C@@H](NC(C)=O)c2cccs2)CC1. The number of carbonyl (C=O) groups excluding carboxylic acids is 3. The quantitative estimate of drug-likeness (QED) is 0.796. The van der Waals surface area contributed by atoms with E-state index in [0.29, 0.717) is 32.5 Å². The van der Waals surface area contributed by atoms with E-state index in [2.05, 4.69) is 5.32 Å². The second kappa shape index (κ2) is 8.82. The first-order chi connectivity index (χ1) is 11.5. The summed E-state index contributed by atoms with van der Waals surface area (Å²) in [6.07, 6.45) is 1.51. The number of rotatable bonds is 6. The summed E-state index contributed by atoms with van der Waals surface area (Å²) in [6, 6.07) is 3.54. The molecule has 1 aliphatic rings. The van der Waals surface area contributed by atoms with Crippen molar-refractivity contribution in [1.29, 1.82) is 0 Å². The van der Waals surface area contributed by atoms with Gasteiger partial charge in [0.05, 0.1) is 25.0 Å². The summed E-state index contributed by atoms with van der Waals surface area (Å²) in [6.45, 7) is 4.75. The number of amides is 2. The van der Waals surface area contributed by atoms with Gasteiger partial charge < -0.3 is 15.0 Å². The van der Waals surface area contributed by atoms with E-state index in [1.807, 2.05) is 17.5 Å². The average Bonchev–Trinajstić information content (AvgIpc) is 3.08. The molecule has 1 N–H and O–H groups in total. The molecule has 132 valence electrons. The third-order valence-corrected chi connectivity index (χ3v) is 5.10. The molecule has 2 heterocycles. The molecule has 0 aromatic carbocycles. The summed E-state index contributed by atoms with van der Waals surface area (Å²) in [4.78, 5) is 38.5. The first-order valence-electron chi connectivity index (χ1n) is 8.26. The smallest absolute Gasteiger partial charge is 0.309 e. The van der Waals surface area contributed by atoms with Gasteiger partial charge in [-0.15, -0.1) is 11.3 Å². The van der Waals surface area contributed by atoms with Crippen LogP contribution in [-0.4, -0.2) is 42.4 Å². The summed E-state index contributed by atoms with van der Waals surface area (Å²) < 4.78 is 5.05. The van der Waals surface area contributed by atoms with Crippen molar-refractivity contribution in [1.82, 2.24) is 10.2 Å². The molecule has 1 saturated heterocycles. The first-order valence-corrected chi connectivity index (χ1v) is 9.14. The lowest BCUT2D eigenvalue weighted by atomic mass is 9.96. The summed E-state index contributed by atoms with van der Waals surface area (Å²) in [5, 5.41) is 4.78. The van der Waals surface area contributed by atoms with Gasteiger partial charge in [-0.25, -0.2) is 0 Å². The molecule has 0 bridgehead atoms. The molecule has 24 heavy (non-hydrogen) atoms. The number of nitrogens with zero attached hydrogens (tertiary/aromatic N) is 1. The molecule has 1 aromatic rings. The van der Waals surface area contributed by atoms with Crippen molar-refractivity contribution in [2.24, 2.45) is 5.92 Å². The van der Waals surface area contributed by atoms with E-state index in [0.717, 1.165) is 4.88 Å². The Balaban J connectivity index is 1.89.